The van der Waals surface area contributed by atoms with Crippen molar-refractivity contribution in [1.82, 2.24) is 20.4 Å². The summed E-state index contributed by atoms with van der Waals surface area (Å²) in [6.45, 7) is 2.70. The molecule has 0 bridgehead atoms. The molecule has 0 radical (unpaired) electrons. The summed E-state index contributed by atoms with van der Waals surface area (Å²) in [5.41, 5.74) is 6.32. The van der Waals surface area contributed by atoms with E-state index >= 15 is 0 Å². The summed E-state index contributed by atoms with van der Waals surface area (Å²) in [5, 5.41) is 9.73. The SMILES string of the molecule is NC(=O)c1cc(C2CCCN(C(=O)NCC3CCCO3)C2)[nH]n1. The third-order valence-electron chi connectivity index (χ3n) is 4.50. The summed E-state index contributed by atoms with van der Waals surface area (Å²) in [6, 6.07) is 1.63. The molecule has 0 spiro atoms. The van der Waals surface area contributed by atoms with Gasteiger partial charge in [-0.1, -0.05) is 0 Å². The second kappa shape index (κ2) is 6.99. The van der Waals surface area contributed by atoms with Gasteiger partial charge in [-0.25, -0.2) is 4.79 Å². The number of amides is 3. The van der Waals surface area contributed by atoms with Crippen LogP contribution in [0.5, 0.6) is 0 Å². The van der Waals surface area contributed by atoms with Crippen LogP contribution in [-0.2, 0) is 4.74 Å². The summed E-state index contributed by atoms with van der Waals surface area (Å²) >= 11 is 0. The number of carbonyl (C=O) groups is 2. The maximum atomic E-state index is 12.3. The van der Waals surface area contributed by atoms with Gasteiger partial charge in [-0.2, -0.15) is 5.10 Å². The highest BCUT2D eigenvalue weighted by molar-refractivity contribution is 5.90. The van der Waals surface area contributed by atoms with E-state index in [9.17, 15) is 9.59 Å². The Morgan fingerprint density at radius 1 is 1.43 bits per heavy atom. The Morgan fingerprint density at radius 3 is 3.00 bits per heavy atom. The molecule has 2 aliphatic heterocycles. The van der Waals surface area contributed by atoms with E-state index in [0.29, 0.717) is 13.1 Å². The van der Waals surface area contributed by atoms with E-state index in [1.807, 2.05) is 4.90 Å². The Hall–Kier alpha value is -2.09. The van der Waals surface area contributed by atoms with Gasteiger partial charge in [0.25, 0.3) is 5.91 Å². The van der Waals surface area contributed by atoms with Crippen LogP contribution in [-0.4, -0.2) is 59.4 Å². The maximum Gasteiger partial charge on any atom is 0.317 e. The largest absolute Gasteiger partial charge is 0.376 e. The molecule has 126 valence electrons. The summed E-state index contributed by atoms with van der Waals surface area (Å²) in [4.78, 5) is 25.3. The highest BCUT2D eigenvalue weighted by Crippen LogP contribution is 2.26. The number of nitrogens with zero attached hydrogens (tertiary/aromatic N) is 2. The van der Waals surface area contributed by atoms with E-state index in [1.165, 1.54) is 0 Å². The topological polar surface area (TPSA) is 113 Å². The van der Waals surface area contributed by atoms with Gasteiger partial charge in [-0.3, -0.25) is 9.89 Å². The highest BCUT2D eigenvalue weighted by Gasteiger charge is 2.27. The Bertz CT molecular complexity index is 567. The average molecular weight is 321 g/mol. The molecule has 2 saturated heterocycles. The van der Waals surface area contributed by atoms with Crippen LogP contribution < -0.4 is 11.1 Å². The molecule has 2 atom stereocenters. The number of rotatable bonds is 4. The van der Waals surface area contributed by atoms with E-state index in [2.05, 4.69) is 15.5 Å². The molecule has 23 heavy (non-hydrogen) atoms. The Kier molecular flexibility index (Phi) is 4.80. The first-order valence-electron chi connectivity index (χ1n) is 8.13. The number of urea groups is 1. The second-order valence-electron chi connectivity index (χ2n) is 6.18. The van der Waals surface area contributed by atoms with Crippen LogP contribution in [0.2, 0.25) is 0 Å². The zero-order valence-electron chi connectivity index (χ0n) is 13.1. The molecule has 0 aromatic carbocycles. The van der Waals surface area contributed by atoms with Crippen molar-refractivity contribution < 1.29 is 14.3 Å². The molecule has 1 aromatic heterocycles. The Labute approximate surface area is 134 Å². The van der Waals surface area contributed by atoms with Crippen molar-refractivity contribution in [3.63, 3.8) is 0 Å². The van der Waals surface area contributed by atoms with Crippen LogP contribution in [0.4, 0.5) is 4.79 Å². The number of ether oxygens (including phenoxy) is 1. The molecule has 3 amide bonds. The Balaban J connectivity index is 1.54. The lowest BCUT2D eigenvalue weighted by Crippen LogP contribution is -2.46. The van der Waals surface area contributed by atoms with Crippen LogP contribution >= 0.6 is 0 Å². The van der Waals surface area contributed by atoms with Gasteiger partial charge >= 0.3 is 6.03 Å². The minimum atomic E-state index is -0.547. The van der Waals surface area contributed by atoms with Crippen molar-refractivity contribution >= 4 is 11.9 Å². The van der Waals surface area contributed by atoms with Crippen LogP contribution in [0.25, 0.3) is 0 Å². The molecule has 4 N–H and O–H groups in total. The smallest absolute Gasteiger partial charge is 0.317 e. The molecule has 0 aliphatic carbocycles. The highest BCUT2D eigenvalue weighted by atomic mass is 16.5. The van der Waals surface area contributed by atoms with Crippen molar-refractivity contribution in [3.05, 3.63) is 17.5 Å². The molecule has 3 rings (SSSR count). The monoisotopic (exact) mass is 321 g/mol. The van der Waals surface area contributed by atoms with E-state index in [-0.39, 0.29) is 23.7 Å². The van der Waals surface area contributed by atoms with E-state index in [1.54, 1.807) is 6.07 Å². The number of likely N-dealkylation sites (tertiary alicyclic amines) is 1. The van der Waals surface area contributed by atoms with Crippen LogP contribution in [0, 0.1) is 0 Å². The number of piperidine rings is 1. The molecule has 0 saturated carbocycles. The molecular formula is C15H23N5O3. The molecule has 2 unspecified atom stereocenters. The van der Waals surface area contributed by atoms with Gasteiger partial charge in [-0.15, -0.1) is 0 Å². The van der Waals surface area contributed by atoms with Crippen molar-refractivity contribution in [3.8, 4) is 0 Å². The maximum absolute atomic E-state index is 12.3. The van der Waals surface area contributed by atoms with Crippen LogP contribution in [0.3, 0.4) is 0 Å². The predicted molar refractivity (Wildman–Crippen MR) is 83.0 cm³/mol. The van der Waals surface area contributed by atoms with E-state index in [0.717, 1.165) is 44.5 Å². The third kappa shape index (κ3) is 3.82. The number of aromatic nitrogens is 2. The van der Waals surface area contributed by atoms with Gasteiger partial charge in [0.15, 0.2) is 0 Å². The average Bonchev–Trinajstić information content (AvgIpc) is 3.24. The quantitative estimate of drug-likeness (QED) is 0.752. The number of aromatic amines is 1. The molecule has 8 heteroatoms. The van der Waals surface area contributed by atoms with Gasteiger partial charge < -0.3 is 20.7 Å². The lowest BCUT2D eigenvalue weighted by Gasteiger charge is -2.32. The fraction of sp³-hybridized carbons (Fsp3) is 0.667. The van der Waals surface area contributed by atoms with Crippen molar-refractivity contribution in [2.24, 2.45) is 5.73 Å². The summed E-state index contributed by atoms with van der Waals surface area (Å²) in [7, 11) is 0. The first-order chi connectivity index (χ1) is 11.1. The zero-order chi connectivity index (χ0) is 16.2. The van der Waals surface area contributed by atoms with Gasteiger partial charge in [0.05, 0.1) is 6.10 Å². The molecule has 2 fully saturated rings. The number of primary amides is 1. The van der Waals surface area contributed by atoms with Gasteiger partial charge in [0.2, 0.25) is 0 Å². The van der Waals surface area contributed by atoms with Crippen LogP contribution in [0.15, 0.2) is 6.07 Å². The van der Waals surface area contributed by atoms with Gasteiger partial charge in [0, 0.05) is 37.9 Å². The lowest BCUT2D eigenvalue weighted by atomic mass is 9.95. The van der Waals surface area contributed by atoms with Gasteiger partial charge in [-0.05, 0) is 31.7 Å². The number of carbonyl (C=O) groups excluding carboxylic acids is 2. The number of nitrogens with two attached hydrogens (primary N) is 1. The minimum absolute atomic E-state index is 0.0557. The zero-order valence-corrected chi connectivity index (χ0v) is 13.1. The number of hydrogen-bond acceptors (Lipinski definition) is 4. The molecule has 3 heterocycles. The van der Waals surface area contributed by atoms with Crippen molar-refractivity contribution in [2.45, 2.75) is 37.7 Å². The standard InChI is InChI=1S/C15H23N5O3/c16-14(21)13-7-12(18-19-13)10-3-1-5-20(9-10)15(22)17-8-11-4-2-6-23-11/h7,10-11H,1-6,8-9H2,(H2,16,21)(H,17,22)(H,18,19). The molecule has 1 aromatic rings. The van der Waals surface area contributed by atoms with Crippen LogP contribution in [0.1, 0.15) is 47.8 Å². The first-order valence-corrected chi connectivity index (χ1v) is 8.13. The third-order valence-corrected chi connectivity index (χ3v) is 4.50. The van der Waals surface area contributed by atoms with Crippen molar-refractivity contribution in [2.75, 3.05) is 26.2 Å². The van der Waals surface area contributed by atoms with Crippen molar-refractivity contribution in [1.29, 1.82) is 0 Å². The number of H-pyrrole nitrogens is 1. The molecular weight excluding hydrogens is 298 g/mol. The summed E-state index contributed by atoms with van der Waals surface area (Å²) < 4.78 is 5.52. The molecule has 8 nitrogen and oxygen atoms in total. The summed E-state index contributed by atoms with van der Waals surface area (Å²) in [5.74, 6) is -0.396. The van der Waals surface area contributed by atoms with Gasteiger partial charge in [0.1, 0.15) is 5.69 Å². The fourth-order valence-corrected chi connectivity index (χ4v) is 3.21. The lowest BCUT2D eigenvalue weighted by molar-refractivity contribution is 0.0995. The Morgan fingerprint density at radius 2 is 2.30 bits per heavy atom. The summed E-state index contributed by atoms with van der Waals surface area (Å²) in [6.07, 6.45) is 4.09. The second-order valence-corrected chi connectivity index (χ2v) is 6.18. The van der Waals surface area contributed by atoms with E-state index < -0.39 is 5.91 Å². The number of nitrogens with one attached hydrogen (secondary N) is 2. The predicted octanol–water partition coefficient (Wildman–Crippen LogP) is 0.577. The van der Waals surface area contributed by atoms with E-state index in [4.69, 9.17) is 10.5 Å². The number of hydrogen-bond donors (Lipinski definition) is 3. The minimum Gasteiger partial charge on any atom is -0.376 e. The molecule has 2 aliphatic rings. The first kappa shape index (κ1) is 15.8. The normalized spacial score (nSPS) is 24.6. The fourth-order valence-electron chi connectivity index (χ4n) is 3.21.